The Morgan fingerprint density at radius 3 is 2.65 bits per heavy atom. The zero-order chi connectivity index (χ0) is 12.4. The summed E-state index contributed by atoms with van der Waals surface area (Å²) in [7, 11) is 0. The summed E-state index contributed by atoms with van der Waals surface area (Å²) in [4.78, 5) is 13.3. The lowest BCUT2D eigenvalue weighted by molar-refractivity contribution is 0.0697. The van der Waals surface area contributed by atoms with Crippen LogP contribution in [0, 0.1) is 6.92 Å². The molecule has 0 heterocycles. The monoisotopic (exact) mass is 233 g/mol. The van der Waals surface area contributed by atoms with Gasteiger partial charge >= 0.3 is 5.97 Å². The first-order valence-electron chi connectivity index (χ1n) is 6.24. The molecule has 0 spiro atoms. The van der Waals surface area contributed by atoms with Crippen LogP contribution in [0.25, 0.3) is 0 Å². The van der Waals surface area contributed by atoms with E-state index in [0.29, 0.717) is 11.6 Å². The average Bonchev–Trinajstić information content (AvgIpc) is 3.10. The van der Waals surface area contributed by atoms with E-state index in [0.717, 1.165) is 18.5 Å². The van der Waals surface area contributed by atoms with Gasteiger partial charge in [-0.2, -0.15) is 0 Å². The quantitative estimate of drug-likeness (QED) is 0.849. The van der Waals surface area contributed by atoms with E-state index in [-0.39, 0.29) is 0 Å². The molecule has 0 aliphatic heterocycles. The fourth-order valence-electron chi connectivity index (χ4n) is 2.24. The minimum Gasteiger partial charge on any atom is -0.478 e. The van der Waals surface area contributed by atoms with E-state index >= 15 is 0 Å². The number of carbonyl (C=O) groups is 1. The van der Waals surface area contributed by atoms with Gasteiger partial charge in [-0.25, -0.2) is 4.79 Å². The summed E-state index contributed by atoms with van der Waals surface area (Å²) in [5, 5.41) is 8.95. The number of hydrogen-bond donors (Lipinski definition) is 1. The standard InChI is InChI=1S/C14H19NO2/c1-3-8-15(12-5-6-12)13-7-4-11(14(16)17)9-10(13)2/h4,7,9,12H,3,5-6,8H2,1-2H3,(H,16,17). The summed E-state index contributed by atoms with van der Waals surface area (Å²) in [5.74, 6) is -0.854. The number of hydrogen-bond acceptors (Lipinski definition) is 2. The van der Waals surface area contributed by atoms with Crippen molar-refractivity contribution in [3.05, 3.63) is 29.3 Å². The molecule has 92 valence electrons. The maximum absolute atomic E-state index is 10.9. The van der Waals surface area contributed by atoms with Gasteiger partial charge in [0.1, 0.15) is 0 Å². The number of rotatable bonds is 5. The predicted molar refractivity (Wildman–Crippen MR) is 68.8 cm³/mol. The first kappa shape index (κ1) is 12.0. The maximum atomic E-state index is 10.9. The second-order valence-corrected chi connectivity index (χ2v) is 4.73. The molecule has 0 radical (unpaired) electrons. The van der Waals surface area contributed by atoms with Crippen molar-refractivity contribution in [3.8, 4) is 0 Å². The van der Waals surface area contributed by atoms with E-state index in [2.05, 4.69) is 11.8 Å². The first-order chi connectivity index (χ1) is 8.13. The largest absolute Gasteiger partial charge is 0.478 e. The number of carboxylic acids is 1. The summed E-state index contributed by atoms with van der Waals surface area (Å²) < 4.78 is 0. The highest BCUT2D eigenvalue weighted by molar-refractivity contribution is 5.88. The molecule has 0 amide bonds. The number of anilines is 1. The van der Waals surface area contributed by atoms with Gasteiger partial charge in [-0.1, -0.05) is 6.92 Å². The molecule has 17 heavy (non-hydrogen) atoms. The van der Waals surface area contributed by atoms with Gasteiger partial charge in [0.05, 0.1) is 5.56 Å². The fourth-order valence-corrected chi connectivity index (χ4v) is 2.24. The third-order valence-electron chi connectivity index (χ3n) is 3.21. The van der Waals surface area contributed by atoms with Crippen LogP contribution in [0.15, 0.2) is 18.2 Å². The molecule has 1 aromatic rings. The molecule has 1 aliphatic carbocycles. The van der Waals surface area contributed by atoms with Gasteiger partial charge in [-0.3, -0.25) is 0 Å². The van der Waals surface area contributed by atoms with Crippen LogP contribution in [-0.2, 0) is 0 Å². The van der Waals surface area contributed by atoms with Crippen molar-refractivity contribution in [2.45, 2.75) is 39.2 Å². The van der Waals surface area contributed by atoms with E-state index in [1.54, 1.807) is 12.1 Å². The second kappa shape index (κ2) is 4.78. The molecule has 0 unspecified atom stereocenters. The Kier molecular flexibility index (Phi) is 3.36. The molecule has 0 aromatic heterocycles. The Bertz CT molecular complexity index is 424. The van der Waals surface area contributed by atoms with E-state index in [1.165, 1.54) is 18.5 Å². The lowest BCUT2D eigenvalue weighted by Crippen LogP contribution is -2.27. The number of aromatic carboxylic acids is 1. The molecular weight excluding hydrogens is 214 g/mol. The van der Waals surface area contributed by atoms with Crippen molar-refractivity contribution in [3.63, 3.8) is 0 Å². The van der Waals surface area contributed by atoms with Gasteiger partial charge in [-0.15, -0.1) is 0 Å². The molecule has 0 saturated heterocycles. The Labute approximate surface area is 102 Å². The molecule has 2 rings (SSSR count). The highest BCUT2D eigenvalue weighted by Crippen LogP contribution is 2.33. The second-order valence-electron chi connectivity index (χ2n) is 4.73. The van der Waals surface area contributed by atoms with E-state index in [1.807, 2.05) is 13.0 Å². The van der Waals surface area contributed by atoms with Crippen molar-refractivity contribution in [1.82, 2.24) is 0 Å². The highest BCUT2D eigenvalue weighted by atomic mass is 16.4. The van der Waals surface area contributed by atoms with E-state index in [9.17, 15) is 4.79 Å². The zero-order valence-corrected chi connectivity index (χ0v) is 10.4. The van der Waals surface area contributed by atoms with Crippen LogP contribution in [0.3, 0.4) is 0 Å². The highest BCUT2D eigenvalue weighted by Gasteiger charge is 2.29. The fraction of sp³-hybridized carbons (Fsp3) is 0.500. The molecule has 3 heteroatoms. The summed E-state index contributed by atoms with van der Waals surface area (Å²) in [6.07, 6.45) is 3.65. The predicted octanol–water partition coefficient (Wildman–Crippen LogP) is 3.07. The summed E-state index contributed by atoms with van der Waals surface area (Å²) in [6, 6.07) is 6.09. The smallest absolute Gasteiger partial charge is 0.335 e. The number of benzene rings is 1. The number of carboxylic acid groups (broad SMARTS) is 1. The van der Waals surface area contributed by atoms with Gasteiger partial charge in [0.25, 0.3) is 0 Å². The minimum atomic E-state index is -0.854. The van der Waals surface area contributed by atoms with Crippen molar-refractivity contribution in [1.29, 1.82) is 0 Å². The topological polar surface area (TPSA) is 40.5 Å². The van der Waals surface area contributed by atoms with Crippen molar-refractivity contribution in [2.75, 3.05) is 11.4 Å². The summed E-state index contributed by atoms with van der Waals surface area (Å²) in [6.45, 7) is 5.22. The van der Waals surface area contributed by atoms with Gasteiger partial charge in [0, 0.05) is 18.3 Å². The number of aryl methyl sites for hydroxylation is 1. The van der Waals surface area contributed by atoms with Crippen LogP contribution >= 0.6 is 0 Å². The molecular formula is C14H19NO2. The molecule has 1 saturated carbocycles. The first-order valence-corrected chi connectivity index (χ1v) is 6.24. The van der Waals surface area contributed by atoms with Crippen LogP contribution in [-0.4, -0.2) is 23.7 Å². The Balaban J connectivity index is 2.27. The van der Waals surface area contributed by atoms with Crippen LogP contribution in [0.2, 0.25) is 0 Å². The SMILES string of the molecule is CCCN(c1ccc(C(=O)O)cc1C)C1CC1. The molecule has 1 N–H and O–H groups in total. The third kappa shape index (κ3) is 2.60. The number of nitrogens with zero attached hydrogens (tertiary/aromatic N) is 1. The zero-order valence-electron chi connectivity index (χ0n) is 10.4. The van der Waals surface area contributed by atoms with Crippen LogP contribution < -0.4 is 4.90 Å². The molecule has 1 aromatic carbocycles. The van der Waals surface area contributed by atoms with Crippen molar-refractivity contribution >= 4 is 11.7 Å². The van der Waals surface area contributed by atoms with Crippen LogP contribution in [0.4, 0.5) is 5.69 Å². The average molecular weight is 233 g/mol. The van der Waals surface area contributed by atoms with Gasteiger partial charge in [0.15, 0.2) is 0 Å². The lowest BCUT2D eigenvalue weighted by atomic mass is 10.1. The Morgan fingerprint density at radius 1 is 1.47 bits per heavy atom. The Morgan fingerprint density at radius 2 is 2.18 bits per heavy atom. The van der Waals surface area contributed by atoms with Gasteiger partial charge < -0.3 is 10.0 Å². The van der Waals surface area contributed by atoms with Gasteiger partial charge in [0.2, 0.25) is 0 Å². The summed E-state index contributed by atoms with van der Waals surface area (Å²) in [5.41, 5.74) is 2.63. The van der Waals surface area contributed by atoms with E-state index in [4.69, 9.17) is 5.11 Å². The summed E-state index contributed by atoms with van der Waals surface area (Å²) >= 11 is 0. The van der Waals surface area contributed by atoms with Crippen LogP contribution in [0.1, 0.15) is 42.1 Å². The van der Waals surface area contributed by atoms with Crippen molar-refractivity contribution in [2.24, 2.45) is 0 Å². The minimum absolute atomic E-state index is 0.374. The Hall–Kier alpha value is -1.51. The van der Waals surface area contributed by atoms with Gasteiger partial charge in [-0.05, 0) is 49.9 Å². The normalized spacial score (nSPS) is 14.7. The lowest BCUT2D eigenvalue weighted by Gasteiger charge is -2.26. The maximum Gasteiger partial charge on any atom is 0.335 e. The molecule has 1 aliphatic rings. The van der Waals surface area contributed by atoms with E-state index < -0.39 is 5.97 Å². The van der Waals surface area contributed by atoms with Crippen LogP contribution in [0.5, 0.6) is 0 Å². The molecule has 0 bridgehead atoms. The molecule has 3 nitrogen and oxygen atoms in total. The molecule has 1 fully saturated rings. The third-order valence-corrected chi connectivity index (χ3v) is 3.21. The van der Waals surface area contributed by atoms with Crippen molar-refractivity contribution < 1.29 is 9.90 Å². The molecule has 0 atom stereocenters.